The van der Waals surface area contributed by atoms with Crippen LogP contribution in [0, 0.1) is 5.92 Å². The molecule has 2 aliphatic rings. The third-order valence-electron chi connectivity index (χ3n) is 5.75. The molecule has 0 radical (unpaired) electrons. The second-order valence-electron chi connectivity index (χ2n) is 7.43. The number of likely N-dealkylation sites (tertiary alicyclic amines) is 2. The Morgan fingerprint density at radius 3 is 2.48 bits per heavy atom. The fourth-order valence-electron chi connectivity index (χ4n) is 4.21. The molecule has 3 rings (SSSR count). The average Bonchev–Trinajstić information content (AvgIpc) is 2.58. The maximum absolute atomic E-state index is 5.77. The zero-order valence-corrected chi connectivity index (χ0v) is 14.9. The highest BCUT2D eigenvalue weighted by molar-refractivity contribution is 5.33. The number of nitrogens with zero attached hydrogens (tertiary/aromatic N) is 1. The predicted octanol–water partition coefficient (Wildman–Crippen LogP) is 2.36. The smallest absolute Gasteiger partial charge is 0.123 e. The highest BCUT2D eigenvalue weighted by Crippen LogP contribution is 2.21. The van der Waals surface area contributed by atoms with Gasteiger partial charge in [0.25, 0.3) is 0 Å². The van der Waals surface area contributed by atoms with Crippen molar-refractivity contribution in [3.8, 4) is 5.75 Å². The molecule has 0 spiro atoms. The van der Waals surface area contributed by atoms with Crippen LogP contribution in [-0.2, 0) is 6.54 Å². The van der Waals surface area contributed by atoms with Gasteiger partial charge in [0.1, 0.15) is 5.75 Å². The van der Waals surface area contributed by atoms with Gasteiger partial charge < -0.3 is 9.64 Å². The van der Waals surface area contributed by atoms with Gasteiger partial charge in [-0.1, -0.05) is 25.1 Å². The third kappa shape index (κ3) is 4.48. The molecule has 0 aromatic heterocycles. The first kappa shape index (κ1) is 16.8. The van der Waals surface area contributed by atoms with Crippen molar-refractivity contribution in [3.63, 3.8) is 0 Å². The number of hydrogen-bond donors (Lipinski definition) is 1. The number of para-hydroxylation sites is 1. The quantitative estimate of drug-likeness (QED) is 0.898. The Labute approximate surface area is 141 Å². The molecular formula is C20H33N2O+. The van der Waals surface area contributed by atoms with Crippen LogP contribution in [0.15, 0.2) is 24.3 Å². The lowest BCUT2D eigenvalue weighted by Gasteiger charge is -2.39. The van der Waals surface area contributed by atoms with Gasteiger partial charge in [-0.2, -0.15) is 0 Å². The number of hydrogen-bond acceptors (Lipinski definition) is 2. The highest BCUT2D eigenvalue weighted by Gasteiger charge is 2.30. The first-order chi connectivity index (χ1) is 11.3. The van der Waals surface area contributed by atoms with Gasteiger partial charge in [0.05, 0.1) is 25.7 Å². The summed E-state index contributed by atoms with van der Waals surface area (Å²) in [5.41, 5.74) is 1.34. The summed E-state index contributed by atoms with van der Waals surface area (Å²) in [6.45, 7) is 11.5. The van der Waals surface area contributed by atoms with E-state index in [4.69, 9.17) is 4.74 Å². The van der Waals surface area contributed by atoms with Gasteiger partial charge in [-0.05, 0) is 31.7 Å². The Balaban J connectivity index is 1.49. The van der Waals surface area contributed by atoms with Crippen molar-refractivity contribution in [1.29, 1.82) is 0 Å². The van der Waals surface area contributed by atoms with Crippen molar-refractivity contribution in [2.75, 3.05) is 32.8 Å². The molecule has 1 aromatic rings. The number of rotatable bonds is 5. The first-order valence-electron chi connectivity index (χ1n) is 9.54. The summed E-state index contributed by atoms with van der Waals surface area (Å²) in [4.78, 5) is 4.50. The molecule has 1 N–H and O–H groups in total. The van der Waals surface area contributed by atoms with Crippen molar-refractivity contribution >= 4 is 0 Å². The van der Waals surface area contributed by atoms with Crippen LogP contribution in [0.4, 0.5) is 0 Å². The van der Waals surface area contributed by atoms with E-state index in [1.54, 1.807) is 0 Å². The molecule has 3 nitrogen and oxygen atoms in total. The lowest BCUT2D eigenvalue weighted by molar-refractivity contribution is -0.932. The molecule has 23 heavy (non-hydrogen) atoms. The van der Waals surface area contributed by atoms with E-state index in [1.165, 1.54) is 57.4 Å². The van der Waals surface area contributed by atoms with E-state index in [9.17, 15) is 0 Å². The van der Waals surface area contributed by atoms with Crippen molar-refractivity contribution in [3.05, 3.63) is 29.8 Å². The van der Waals surface area contributed by atoms with Crippen LogP contribution in [0.3, 0.4) is 0 Å². The minimum Gasteiger partial charge on any atom is -0.494 e. The second-order valence-corrected chi connectivity index (χ2v) is 7.43. The third-order valence-corrected chi connectivity index (χ3v) is 5.75. The van der Waals surface area contributed by atoms with E-state index in [2.05, 4.69) is 43.0 Å². The first-order valence-corrected chi connectivity index (χ1v) is 9.54. The van der Waals surface area contributed by atoms with Gasteiger partial charge in [0.15, 0.2) is 0 Å². The molecule has 2 fully saturated rings. The zero-order chi connectivity index (χ0) is 16.1. The number of nitrogens with one attached hydrogen (secondary N) is 1. The van der Waals surface area contributed by atoms with Crippen LogP contribution in [0.2, 0.25) is 0 Å². The molecule has 2 heterocycles. The highest BCUT2D eigenvalue weighted by atomic mass is 16.5. The molecule has 0 atom stereocenters. The predicted molar refractivity (Wildman–Crippen MR) is 95.0 cm³/mol. The van der Waals surface area contributed by atoms with Crippen LogP contribution >= 0.6 is 0 Å². The van der Waals surface area contributed by atoms with E-state index < -0.39 is 0 Å². The Morgan fingerprint density at radius 1 is 1.09 bits per heavy atom. The summed E-state index contributed by atoms with van der Waals surface area (Å²) >= 11 is 0. The van der Waals surface area contributed by atoms with Gasteiger partial charge in [0, 0.05) is 38.0 Å². The Kier molecular flexibility index (Phi) is 5.96. The summed E-state index contributed by atoms with van der Waals surface area (Å²) in [6, 6.07) is 9.42. The molecule has 0 amide bonds. The van der Waals surface area contributed by atoms with Crippen molar-refractivity contribution < 1.29 is 9.64 Å². The Hall–Kier alpha value is -1.06. The van der Waals surface area contributed by atoms with Gasteiger partial charge >= 0.3 is 0 Å². The fraction of sp³-hybridized carbons (Fsp3) is 0.700. The molecule has 128 valence electrons. The lowest BCUT2D eigenvalue weighted by Crippen LogP contribution is -3.17. The summed E-state index contributed by atoms with van der Waals surface area (Å²) < 4.78 is 5.77. The van der Waals surface area contributed by atoms with Crippen LogP contribution < -0.4 is 9.64 Å². The molecule has 2 saturated heterocycles. The second kappa shape index (κ2) is 8.16. The minimum atomic E-state index is 0.746. The van der Waals surface area contributed by atoms with Crippen molar-refractivity contribution in [2.24, 2.45) is 5.92 Å². The largest absolute Gasteiger partial charge is 0.494 e. The normalized spacial score (nSPS) is 27.0. The summed E-state index contributed by atoms with van der Waals surface area (Å²) in [5, 5.41) is 0. The van der Waals surface area contributed by atoms with E-state index in [1.807, 2.05) is 4.90 Å². The molecule has 1 aromatic carbocycles. The topological polar surface area (TPSA) is 16.9 Å². The fourth-order valence-corrected chi connectivity index (χ4v) is 4.21. The molecule has 3 heteroatoms. The average molecular weight is 317 g/mol. The maximum Gasteiger partial charge on any atom is 0.123 e. The maximum atomic E-state index is 5.77. The van der Waals surface area contributed by atoms with Crippen LogP contribution in [0.5, 0.6) is 5.75 Å². The Bertz CT molecular complexity index is 474. The van der Waals surface area contributed by atoms with Gasteiger partial charge in [-0.25, -0.2) is 0 Å². The SMILES string of the molecule is CCOc1ccccc1CN1CCC([NH+]2CCC(C)CC2)CC1. The standard InChI is InChI=1S/C20H32N2O/c1-3-23-20-7-5-4-6-18(20)16-21-12-10-19(11-13-21)22-14-8-17(2)9-15-22/h4-7,17,19H,3,8-16H2,1-2H3/p+1. The lowest BCUT2D eigenvalue weighted by atomic mass is 9.95. The van der Waals surface area contributed by atoms with Gasteiger partial charge in [-0.3, -0.25) is 4.90 Å². The minimum absolute atomic E-state index is 0.746. The Morgan fingerprint density at radius 2 is 1.78 bits per heavy atom. The molecule has 0 saturated carbocycles. The summed E-state index contributed by atoms with van der Waals surface area (Å²) in [7, 11) is 0. The summed E-state index contributed by atoms with van der Waals surface area (Å²) in [6.07, 6.45) is 5.58. The molecule has 0 aliphatic carbocycles. The van der Waals surface area contributed by atoms with Crippen LogP contribution in [0.25, 0.3) is 0 Å². The zero-order valence-electron chi connectivity index (χ0n) is 14.9. The number of benzene rings is 1. The van der Waals surface area contributed by atoms with Gasteiger partial charge in [-0.15, -0.1) is 0 Å². The van der Waals surface area contributed by atoms with E-state index in [-0.39, 0.29) is 0 Å². The summed E-state index contributed by atoms with van der Waals surface area (Å²) in [5.74, 6) is 2.02. The number of piperidine rings is 2. The molecular weight excluding hydrogens is 284 g/mol. The molecule has 0 unspecified atom stereocenters. The van der Waals surface area contributed by atoms with Crippen LogP contribution in [-0.4, -0.2) is 43.7 Å². The van der Waals surface area contributed by atoms with E-state index >= 15 is 0 Å². The van der Waals surface area contributed by atoms with Crippen molar-refractivity contribution in [1.82, 2.24) is 4.90 Å². The molecule has 0 bridgehead atoms. The van der Waals surface area contributed by atoms with Gasteiger partial charge in [0.2, 0.25) is 0 Å². The van der Waals surface area contributed by atoms with Crippen LogP contribution in [0.1, 0.15) is 45.1 Å². The monoisotopic (exact) mass is 317 g/mol. The molecule has 2 aliphatic heterocycles. The van der Waals surface area contributed by atoms with Crippen molar-refractivity contribution in [2.45, 2.75) is 52.1 Å². The van der Waals surface area contributed by atoms with E-state index in [0.29, 0.717) is 0 Å². The number of ether oxygens (including phenoxy) is 1. The number of quaternary nitrogens is 1. The van der Waals surface area contributed by atoms with E-state index in [0.717, 1.165) is 30.9 Å².